The summed E-state index contributed by atoms with van der Waals surface area (Å²) in [5, 5.41) is 121. The minimum absolute atomic E-state index is 0.232. The fraction of sp³-hybridized carbons (Fsp3) is 0.859. The monoisotopic (exact) mass is 1380 g/mol. The van der Waals surface area contributed by atoms with E-state index in [9.17, 15) is 61.0 Å². The highest BCUT2D eigenvalue weighted by Gasteiger charge is 2.53. The molecule has 3 rings (SSSR count). The van der Waals surface area contributed by atoms with Gasteiger partial charge in [-0.1, -0.05) is 274 Å². The van der Waals surface area contributed by atoms with Gasteiger partial charge < -0.3 is 89.9 Å². The molecule has 1 amide bonds. The molecular weight excluding hydrogens is 1240 g/mol. The number of nitrogens with one attached hydrogen (secondary N) is 1. The van der Waals surface area contributed by atoms with Gasteiger partial charge in [-0.2, -0.15) is 0 Å². The first-order chi connectivity index (χ1) is 47.3. The lowest BCUT2D eigenvalue weighted by atomic mass is 9.96. The lowest BCUT2D eigenvalue weighted by molar-refractivity contribution is -0.379. The van der Waals surface area contributed by atoms with Gasteiger partial charge in [0.1, 0.15) is 73.2 Å². The summed E-state index contributed by atoms with van der Waals surface area (Å²) in [6.07, 6.45) is 47.8. The number of carbonyl (C=O) groups is 1. The number of aliphatic hydroxyl groups is 11. The maximum Gasteiger partial charge on any atom is 0.220 e. The summed E-state index contributed by atoms with van der Waals surface area (Å²) in [7, 11) is 0. The van der Waals surface area contributed by atoms with Crippen LogP contribution in [0.25, 0.3) is 0 Å². The van der Waals surface area contributed by atoms with Crippen LogP contribution in [0.4, 0.5) is 0 Å². The summed E-state index contributed by atoms with van der Waals surface area (Å²) in [5.74, 6) is -0.287. The van der Waals surface area contributed by atoms with Gasteiger partial charge in [-0.05, 0) is 77.0 Å². The molecule has 3 fully saturated rings. The summed E-state index contributed by atoms with van der Waals surface area (Å²) >= 11 is 0. The number of hydrogen-bond donors (Lipinski definition) is 12. The third-order valence-corrected chi connectivity index (χ3v) is 19.3. The van der Waals surface area contributed by atoms with Crippen molar-refractivity contribution >= 4 is 5.91 Å². The van der Waals surface area contributed by atoms with Gasteiger partial charge in [0.25, 0.3) is 0 Å². The van der Waals surface area contributed by atoms with Crippen molar-refractivity contribution in [2.24, 2.45) is 0 Å². The molecule has 0 aromatic carbocycles. The van der Waals surface area contributed by atoms with E-state index >= 15 is 0 Å². The molecule has 17 atom stereocenters. The van der Waals surface area contributed by atoms with E-state index in [0.29, 0.717) is 12.8 Å². The van der Waals surface area contributed by atoms with Crippen molar-refractivity contribution < 1.29 is 89.4 Å². The van der Waals surface area contributed by atoms with Crippen molar-refractivity contribution in [3.8, 4) is 0 Å². The Labute approximate surface area is 586 Å². The van der Waals surface area contributed by atoms with Crippen LogP contribution in [-0.4, -0.2) is 193 Å². The topological polar surface area (TPSA) is 307 Å². The maximum atomic E-state index is 13.5. The molecule has 3 aliphatic rings. The summed E-state index contributed by atoms with van der Waals surface area (Å²) in [6.45, 7) is 1.73. The molecule has 566 valence electrons. The van der Waals surface area contributed by atoms with Gasteiger partial charge in [0, 0.05) is 6.42 Å². The maximum absolute atomic E-state index is 13.5. The third kappa shape index (κ3) is 39.6. The van der Waals surface area contributed by atoms with E-state index < -0.39 is 124 Å². The van der Waals surface area contributed by atoms with Crippen LogP contribution in [0, 0.1) is 0 Å². The number of aliphatic hydroxyl groups excluding tert-OH is 11. The molecule has 97 heavy (non-hydrogen) atoms. The van der Waals surface area contributed by atoms with Gasteiger partial charge in [-0.25, -0.2) is 0 Å². The number of carbonyl (C=O) groups excluding carboxylic acids is 1. The molecule has 0 aromatic rings. The highest BCUT2D eigenvalue weighted by molar-refractivity contribution is 5.76. The van der Waals surface area contributed by atoms with Crippen molar-refractivity contribution in [1.29, 1.82) is 0 Å². The van der Waals surface area contributed by atoms with Crippen molar-refractivity contribution in [3.63, 3.8) is 0 Å². The third-order valence-electron chi connectivity index (χ3n) is 19.3. The highest BCUT2D eigenvalue weighted by atomic mass is 16.8. The van der Waals surface area contributed by atoms with Crippen molar-refractivity contribution in [2.75, 3.05) is 26.4 Å². The Bertz CT molecular complexity index is 1990. The fourth-order valence-corrected chi connectivity index (χ4v) is 13.0. The van der Waals surface area contributed by atoms with E-state index in [-0.39, 0.29) is 18.9 Å². The highest BCUT2D eigenvalue weighted by Crippen LogP contribution is 2.33. The number of hydrogen-bond acceptors (Lipinski definition) is 18. The van der Waals surface area contributed by atoms with E-state index in [1.807, 2.05) is 6.08 Å². The van der Waals surface area contributed by atoms with Gasteiger partial charge in [0.05, 0.1) is 38.6 Å². The first-order valence-electron chi connectivity index (χ1n) is 39.0. The molecule has 0 aromatic heterocycles. The van der Waals surface area contributed by atoms with Crippen LogP contribution in [0.5, 0.6) is 0 Å². The molecule has 3 saturated heterocycles. The zero-order valence-corrected chi connectivity index (χ0v) is 60.3. The predicted molar refractivity (Wildman–Crippen MR) is 383 cm³/mol. The molecule has 0 bridgehead atoms. The van der Waals surface area contributed by atoms with E-state index in [0.717, 1.165) is 51.4 Å². The van der Waals surface area contributed by atoms with Crippen LogP contribution in [0.15, 0.2) is 60.8 Å². The molecule has 3 heterocycles. The summed E-state index contributed by atoms with van der Waals surface area (Å²) < 4.78 is 34.4. The average Bonchev–Trinajstić information content (AvgIpc) is 0.789. The lowest BCUT2D eigenvalue weighted by Crippen LogP contribution is -2.66. The molecule has 17 unspecified atom stereocenters. The van der Waals surface area contributed by atoms with Gasteiger partial charge in [-0.3, -0.25) is 4.79 Å². The summed E-state index contributed by atoms with van der Waals surface area (Å²) in [5.41, 5.74) is 0. The fourth-order valence-electron chi connectivity index (χ4n) is 13.0. The molecule has 12 N–H and O–H groups in total. The number of amides is 1. The lowest BCUT2D eigenvalue weighted by Gasteiger charge is -2.48. The van der Waals surface area contributed by atoms with E-state index in [1.54, 1.807) is 6.08 Å². The Hall–Kier alpha value is -2.51. The molecule has 0 spiro atoms. The second kappa shape index (κ2) is 58.9. The number of allylic oxidation sites excluding steroid dienone is 9. The Kier molecular flexibility index (Phi) is 53.9. The van der Waals surface area contributed by atoms with Crippen LogP contribution in [0.1, 0.15) is 296 Å². The smallest absolute Gasteiger partial charge is 0.220 e. The van der Waals surface area contributed by atoms with Crippen LogP contribution in [0.2, 0.25) is 0 Å². The van der Waals surface area contributed by atoms with Gasteiger partial charge >= 0.3 is 0 Å². The minimum Gasteiger partial charge on any atom is -0.394 e. The van der Waals surface area contributed by atoms with Crippen molar-refractivity contribution in [3.05, 3.63) is 60.8 Å². The Morgan fingerprint density at radius 1 is 0.371 bits per heavy atom. The molecule has 19 nitrogen and oxygen atoms in total. The normalized spacial score (nSPS) is 27.2. The van der Waals surface area contributed by atoms with Gasteiger partial charge in [0.15, 0.2) is 18.9 Å². The van der Waals surface area contributed by atoms with Crippen LogP contribution in [-0.2, 0) is 33.2 Å². The zero-order chi connectivity index (χ0) is 70.4. The van der Waals surface area contributed by atoms with Crippen molar-refractivity contribution in [1.82, 2.24) is 5.32 Å². The molecule has 0 aliphatic carbocycles. The average molecular weight is 1380 g/mol. The first-order valence-corrected chi connectivity index (χ1v) is 39.0. The second-order valence-corrected chi connectivity index (χ2v) is 27.8. The number of rotatable bonds is 61. The van der Waals surface area contributed by atoms with E-state index in [1.165, 1.54) is 212 Å². The Balaban J connectivity index is 1.40. The van der Waals surface area contributed by atoms with Crippen LogP contribution in [0.3, 0.4) is 0 Å². The largest absolute Gasteiger partial charge is 0.394 e. The molecular formula is C78H141NO18. The SMILES string of the molecule is CCCCCCC/C=C\C/C=C\CCCCCCCCCCCCCCCCCCCC(=O)NC(COC1OC(CO)C(OC2OC(CO)C(OC3OC(CO)C(O)C(O)C3O)C(O)C2O)C(O)C1O)C(O)/C=C/CC/C=C/CC/C=C/CCCCCCCCCCCCCCC. The van der Waals surface area contributed by atoms with E-state index in [4.69, 9.17) is 28.4 Å². The second-order valence-electron chi connectivity index (χ2n) is 27.8. The molecule has 0 saturated carbocycles. The van der Waals surface area contributed by atoms with Gasteiger partial charge in [-0.15, -0.1) is 0 Å². The van der Waals surface area contributed by atoms with Crippen LogP contribution < -0.4 is 5.32 Å². The predicted octanol–water partition coefficient (Wildman–Crippen LogP) is 12.3. The number of unbranched alkanes of at least 4 members (excludes halogenated alkanes) is 37. The standard InChI is InChI=1S/C78H141NO18/c1-3-5-7-9-11-13-15-17-19-21-23-25-27-28-29-30-31-32-34-36-38-40-42-44-46-48-50-52-54-56-66(84)79-61(62(83)55-53-51-49-47-45-43-41-39-37-35-33-26-24-22-20-18-16-14-12-10-8-6-4-2)60-92-76-72(90)69(87)74(64(58-81)94-76)97-78-73(91)70(88)75(65(59-82)95-78)96-77-71(89)68(86)67(85)63(57-80)93-77/h15,17,21,23,37,39,45,47,53,55,61-65,67-78,80-83,85-91H,3-14,16,18-20,22,24-36,38,40-44,46,48-52,54,56-60H2,1-2H3,(H,79,84)/b17-15-,23-21-,39-37+,47-45+,55-53+. The number of ether oxygens (including phenoxy) is 6. The minimum atomic E-state index is -1.98. The van der Waals surface area contributed by atoms with Crippen LogP contribution >= 0.6 is 0 Å². The van der Waals surface area contributed by atoms with Crippen molar-refractivity contribution in [2.45, 2.75) is 401 Å². The molecule has 19 heteroatoms. The zero-order valence-electron chi connectivity index (χ0n) is 60.3. The summed E-state index contributed by atoms with van der Waals surface area (Å²) in [6, 6.07) is -0.999. The quantitative estimate of drug-likeness (QED) is 0.0199. The summed E-state index contributed by atoms with van der Waals surface area (Å²) in [4.78, 5) is 13.5. The Morgan fingerprint density at radius 3 is 1.09 bits per heavy atom. The molecule has 0 radical (unpaired) electrons. The van der Waals surface area contributed by atoms with E-state index in [2.05, 4.69) is 67.8 Å². The molecule has 3 aliphatic heterocycles. The first kappa shape index (κ1) is 88.7. The van der Waals surface area contributed by atoms with Gasteiger partial charge in [0.2, 0.25) is 5.91 Å². The Morgan fingerprint density at radius 2 is 0.691 bits per heavy atom.